The van der Waals surface area contributed by atoms with E-state index in [9.17, 15) is 0 Å². The Labute approximate surface area is 119 Å². The van der Waals surface area contributed by atoms with Crippen molar-refractivity contribution in [3.8, 4) is 6.07 Å². The van der Waals surface area contributed by atoms with Gasteiger partial charge in [0.25, 0.3) is 0 Å². The molecule has 0 aliphatic rings. The van der Waals surface area contributed by atoms with E-state index in [1.54, 1.807) is 23.5 Å². The number of rotatable bonds is 2. The third kappa shape index (κ3) is 2.39. The lowest BCUT2D eigenvalue weighted by Crippen LogP contribution is -1.90. The van der Waals surface area contributed by atoms with E-state index < -0.39 is 0 Å². The van der Waals surface area contributed by atoms with Crippen LogP contribution in [-0.4, -0.2) is 4.98 Å². The van der Waals surface area contributed by atoms with Crippen LogP contribution in [0.2, 0.25) is 5.02 Å². The van der Waals surface area contributed by atoms with Crippen LogP contribution in [0.5, 0.6) is 0 Å². The second-order valence-electron chi connectivity index (χ2n) is 3.97. The van der Waals surface area contributed by atoms with E-state index in [1.165, 1.54) is 0 Å². The number of nitrogens with one attached hydrogen (secondary N) is 1. The molecule has 3 rings (SSSR count). The number of hydrogen-bond acceptors (Lipinski definition) is 4. The number of fused-ring (bicyclic) bond motifs is 1. The summed E-state index contributed by atoms with van der Waals surface area (Å²) >= 11 is 7.60. The van der Waals surface area contributed by atoms with Gasteiger partial charge in [-0.3, -0.25) is 0 Å². The molecule has 0 radical (unpaired) electrons. The molecule has 3 aromatic rings. The Morgan fingerprint density at radius 3 is 2.74 bits per heavy atom. The fourth-order valence-corrected chi connectivity index (χ4v) is 2.72. The zero-order chi connectivity index (χ0) is 13.2. The van der Waals surface area contributed by atoms with Gasteiger partial charge >= 0.3 is 0 Å². The second-order valence-corrected chi connectivity index (χ2v) is 5.26. The number of thiazole rings is 1. The number of nitriles is 1. The molecule has 0 amide bonds. The summed E-state index contributed by atoms with van der Waals surface area (Å²) in [5.74, 6) is 0. The third-order valence-corrected chi connectivity index (χ3v) is 3.81. The smallest absolute Gasteiger partial charge is 0.101 e. The van der Waals surface area contributed by atoms with E-state index in [0.717, 1.165) is 21.6 Å². The van der Waals surface area contributed by atoms with E-state index in [2.05, 4.69) is 10.3 Å². The molecule has 0 saturated carbocycles. The summed E-state index contributed by atoms with van der Waals surface area (Å²) in [4.78, 5) is 4.24. The number of anilines is 2. The average Bonchev–Trinajstić information content (AvgIpc) is 2.86. The van der Waals surface area contributed by atoms with E-state index in [-0.39, 0.29) is 0 Å². The molecule has 0 saturated heterocycles. The maximum Gasteiger partial charge on any atom is 0.101 e. The minimum Gasteiger partial charge on any atom is -0.355 e. The average molecular weight is 286 g/mol. The zero-order valence-corrected chi connectivity index (χ0v) is 11.3. The quantitative estimate of drug-likeness (QED) is 0.750. The van der Waals surface area contributed by atoms with E-state index in [0.29, 0.717) is 10.6 Å². The first-order valence-corrected chi connectivity index (χ1v) is 6.82. The topological polar surface area (TPSA) is 48.7 Å². The van der Waals surface area contributed by atoms with Crippen LogP contribution in [0.1, 0.15) is 5.56 Å². The predicted molar refractivity (Wildman–Crippen MR) is 79.1 cm³/mol. The Bertz CT molecular complexity index is 789. The van der Waals surface area contributed by atoms with Crippen molar-refractivity contribution in [2.75, 3.05) is 5.32 Å². The standard InChI is InChI=1S/C14H8ClN3S/c15-12-5-10(2-1-9(12)7-16)18-11-3-4-13-14(6-11)19-8-17-13/h1-6,8,18H. The molecule has 0 aliphatic heterocycles. The van der Waals surface area contributed by atoms with Gasteiger partial charge in [0.05, 0.1) is 26.3 Å². The minimum absolute atomic E-state index is 0.450. The van der Waals surface area contributed by atoms with Gasteiger partial charge in [0.2, 0.25) is 0 Å². The van der Waals surface area contributed by atoms with Crippen LogP contribution < -0.4 is 5.32 Å². The summed E-state index contributed by atoms with van der Waals surface area (Å²) in [5.41, 5.74) is 5.12. The first kappa shape index (κ1) is 12.0. The first-order chi connectivity index (χ1) is 9.26. The molecule has 2 aromatic carbocycles. The van der Waals surface area contributed by atoms with Gasteiger partial charge in [0, 0.05) is 11.4 Å². The molecule has 3 nitrogen and oxygen atoms in total. The second kappa shape index (κ2) is 4.88. The van der Waals surface area contributed by atoms with Crippen LogP contribution >= 0.6 is 22.9 Å². The van der Waals surface area contributed by atoms with Crippen molar-refractivity contribution in [3.05, 3.63) is 52.5 Å². The normalized spacial score (nSPS) is 10.3. The molecule has 5 heteroatoms. The summed E-state index contributed by atoms with van der Waals surface area (Å²) in [7, 11) is 0. The van der Waals surface area contributed by atoms with E-state index >= 15 is 0 Å². The highest BCUT2D eigenvalue weighted by molar-refractivity contribution is 7.16. The largest absolute Gasteiger partial charge is 0.355 e. The highest BCUT2D eigenvalue weighted by Gasteiger charge is 2.03. The van der Waals surface area contributed by atoms with E-state index in [1.807, 2.05) is 35.8 Å². The summed E-state index contributed by atoms with van der Waals surface area (Å²) < 4.78 is 1.13. The first-order valence-electron chi connectivity index (χ1n) is 5.56. The predicted octanol–water partition coefficient (Wildman–Crippen LogP) is 4.56. The molecule has 1 aromatic heterocycles. The molecular formula is C14H8ClN3S. The summed E-state index contributed by atoms with van der Waals surface area (Å²) in [6.45, 7) is 0. The molecule has 0 spiro atoms. The van der Waals surface area contributed by atoms with Crippen molar-refractivity contribution in [2.24, 2.45) is 0 Å². The highest BCUT2D eigenvalue weighted by Crippen LogP contribution is 2.26. The Kier molecular flexibility index (Phi) is 3.08. The maximum atomic E-state index is 8.83. The number of halogens is 1. The van der Waals surface area contributed by atoms with Crippen molar-refractivity contribution in [2.45, 2.75) is 0 Å². The molecule has 1 heterocycles. The molecule has 0 unspecified atom stereocenters. The molecule has 0 atom stereocenters. The van der Waals surface area contributed by atoms with Gasteiger partial charge < -0.3 is 5.32 Å². The van der Waals surface area contributed by atoms with Crippen LogP contribution in [0.15, 0.2) is 41.9 Å². The number of benzene rings is 2. The Morgan fingerprint density at radius 1 is 1.16 bits per heavy atom. The third-order valence-electron chi connectivity index (χ3n) is 2.71. The van der Waals surface area contributed by atoms with Gasteiger partial charge in [0.1, 0.15) is 6.07 Å². The summed E-state index contributed by atoms with van der Waals surface area (Å²) in [6.07, 6.45) is 0. The zero-order valence-electron chi connectivity index (χ0n) is 9.72. The van der Waals surface area contributed by atoms with Gasteiger partial charge in [-0.2, -0.15) is 5.26 Å². The molecule has 1 N–H and O–H groups in total. The van der Waals surface area contributed by atoms with Crippen molar-refractivity contribution < 1.29 is 0 Å². The monoisotopic (exact) mass is 285 g/mol. The highest BCUT2D eigenvalue weighted by atomic mass is 35.5. The molecule has 19 heavy (non-hydrogen) atoms. The fraction of sp³-hybridized carbons (Fsp3) is 0. The van der Waals surface area contributed by atoms with Gasteiger partial charge in [-0.05, 0) is 36.4 Å². The lowest BCUT2D eigenvalue weighted by Gasteiger charge is -2.07. The van der Waals surface area contributed by atoms with E-state index in [4.69, 9.17) is 16.9 Å². The number of aromatic nitrogens is 1. The van der Waals surface area contributed by atoms with Crippen LogP contribution in [0.3, 0.4) is 0 Å². The van der Waals surface area contributed by atoms with Gasteiger partial charge in [-0.1, -0.05) is 11.6 Å². The van der Waals surface area contributed by atoms with Crippen LogP contribution in [0.25, 0.3) is 10.2 Å². The molecular weight excluding hydrogens is 278 g/mol. The number of nitrogens with zero attached hydrogens (tertiary/aromatic N) is 2. The van der Waals surface area contributed by atoms with Crippen LogP contribution in [-0.2, 0) is 0 Å². The van der Waals surface area contributed by atoms with Crippen molar-refractivity contribution >= 4 is 44.5 Å². The minimum atomic E-state index is 0.450. The number of hydrogen-bond donors (Lipinski definition) is 1. The van der Waals surface area contributed by atoms with Gasteiger partial charge in [-0.25, -0.2) is 4.98 Å². The lowest BCUT2D eigenvalue weighted by atomic mass is 10.2. The van der Waals surface area contributed by atoms with Crippen LogP contribution in [0.4, 0.5) is 11.4 Å². The molecule has 0 aliphatic carbocycles. The molecule has 92 valence electrons. The molecule has 0 bridgehead atoms. The summed E-state index contributed by atoms with van der Waals surface area (Å²) in [6, 6.07) is 13.3. The SMILES string of the molecule is N#Cc1ccc(Nc2ccc3ncsc3c2)cc1Cl. The maximum absolute atomic E-state index is 8.83. The van der Waals surface area contributed by atoms with Gasteiger partial charge in [-0.15, -0.1) is 11.3 Å². The van der Waals surface area contributed by atoms with Crippen molar-refractivity contribution in [1.29, 1.82) is 5.26 Å². The Morgan fingerprint density at radius 2 is 1.95 bits per heavy atom. The Hall–Kier alpha value is -2.09. The lowest BCUT2D eigenvalue weighted by molar-refractivity contribution is 1.47. The van der Waals surface area contributed by atoms with Crippen molar-refractivity contribution in [1.82, 2.24) is 4.98 Å². The Balaban J connectivity index is 1.92. The molecule has 0 fully saturated rings. The van der Waals surface area contributed by atoms with Crippen molar-refractivity contribution in [3.63, 3.8) is 0 Å². The fourth-order valence-electron chi connectivity index (χ4n) is 1.78. The van der Waals surface area contributed by atoms with Crippen LogP contribution in [0, 0.1) is 11.3 Å². The summed E-state index contributed by atoms with van der Waals surface area (Å²) in [5, 5.41) is 12.5. The van der Waals surface area contributed by atoms with Gasteiger partial charge in [0.15, 0.2) is 0 Å².